The van der Waals surface area contributed by atoms with Gasteiger partial charge in [0.05, 0.1) is 17.3 Å². The van der Waals surface area contributed by atoms with Crippen LogP contribution >= 0.6 is 11.8 Å². The van der Waals surface area contributed by atoms with Crippen LogP contribution < -0.4 is 10.2 Å². The van der Waals surface area contributed by atoms with Gasteiger partial charge in [0, 0.05) is 35.6 Å². The maximum Gasteiger partial charge on any atom is 0.235 e. The number of fused-ring (bicyclic) bond motifs is 1. The molecule has 2 amide bonds. The Bertz CT molecular complexity index is 1340. The maximum absolute atomic E-state index is 12.5. The quantitative estimate of drug-likeness (QED) is 0.383. The Kier molecular flexibility index (Phi) is 6.22. The number of thioether (sulfide) groups is 1. The Hall–Kier alpha value is -3.78. The Morgan fingerprint density at radius 2 is 1.79 bits per heavy atom. The highest BCUT2D eigenvalue weighted by Crippen LogP contribution is 2.38. The first-order chi connectivity index (χ1) is 16.6. The number of nitrogens with zero attached hydrogens (tertiary/aromatic N) is 3. The number of nitrogens with one attached hydrogen (secondary N) is 1. The molecule has 0 saturated carbocycles. The van der Waals surface area contributed by atoms with Gasteiger partial charge in [-0.05, 0) is 42.3 Å². The fourth-order valence-corrected chi connectivity index (χ4v) is 5.17. The second-order valence-corrected chi connectivity index (χ2v) is 9.09. The molecule has 2 aromatic heterocycles. The van der Waals surface area contributed by atoms with E-state index in [1.54, 1.807) is 18.3 Å². The Balaban J connectivity index is 1.37. The van der Waals surface area contributed by atoms with Crippen molar-refractivity contribution in [1.29, 1.82) is 0 Å². The lowest BCUT2D eigenvalue weighted by Crippen LogP contribution is -2.23. The van der Waals surface area contributed by atoms with Crippen molar-refractivity contribution in [3.05, 3.63) is 78.5 Å². The fourth-order valence-electron chi connectivity index (χ4n) is 4.19. The summed E-state index contributed by atoms with van der Waals surface area (Å²) in [6.07, 6.45) is 3.11. The zero-order chi connectivity index (χ0) is 23.5. The smallest absolute Gasteiger partial charge is 0.235 e. The number of benzene rings is 2. The highest BCUT2D eigenvalue weighted by atomic mass is 32.2. The van der Waals surface area contributed by atoms with Crippen molar-refractivity contribution < 1.29 is 14.7 Å². The minimum absolute atomic E-state index is 0.157. The number of carbonyl (C=O) groups excluding carboxylic acids is 2. The monoisotopic (exact) mass is 472 g/mol. The van der Waals surface area contributed by atoms with Crippen molar-refractivity contribution in [3.63, 3.8) is 0 Å². The molecule has 0 bridgehead atoms. The summed E-state index contributed by atoms with van der Waals surface area (Å²) in [5.74, 6) is 0.846. The van der Waals surface area contributed by atoms with Gasteiger partial charge in [0.1, 0.15) is 5.82 Å². The summed E-state index contributed by atoms with van der Waals surface area (Å²) in [5.41, 5.74) is 1.89. The third kappa shape index (κ3) is 4.49. The number of hydrogen-bond donors (Lipinski definition) is 2. The molecule has 0 atom stereocenters. The van der Waals surface area contributed by atoms with Gasteiger partial charge in [-0.2, -0.15) is 0 Å². The maximum atomic E-state index is 12.5. The van der Waals surface area contributed by atoms with Crippen LogP contribution in [-0.4, -0.2) is 38.8 Å². The fraction of sp³-hybridized carbons (Fsp3) is 0.192. The van der Waals surface area contributed by atoms with Crippen LogP contribution in [0.1, 0.15) is 18.4 Å². The summed E-state index contributed by atoms with van der Waals surface area (Å²) in [7, 11) is 0. The van der Waals surface area contributed by atoms with Crippen LogP contribution in [0.5, 0.6) is 5.88 Å². The van der Waals surface area contributed by atoms with Crippen molar-refractivity contribution in [1.82, 2.24) is 9.55 Å². The molecule has 3 heterocycles. The summed E-state index contributed by atoms with van der Waals surface area (Å²) in [6.45, 7) is 1.20. The zero-order valence-electron chi connectivity index (χ0n) is 18.5. The number of anilines is 2. The molecular weight excluding hydrogens is 448 g/mol. The third-order valence-electron chi connectivity index (χ3n) is 5.83. The largest absolute Gasteiger partial charge is 0.494 e. The van der Waals surface area contributed by atoms with Gasteiger partial charge in [-0.25, -0.2) is 4.98 Å². The second-order valence-electron chi connectivity index (χ2n) is 8.13. The summed E-state index contributed by atoms with van der Waals surface area (Å²) in [5, 5.41) is 16.2. The average molecular weight is 473 g/mol. The van der Waals surface area contributed by atoms with E-state index in [0.29, 0.717) is 18.8 Å². The number of aromatic nitrogens is 2. The van der Waals surface area contributed by atoms with E-state index in [-0.39, 0.29) is 23.4 Å². The highest BCUT2D eigenvalue weighted by Gasteiger charge is 2.22. The molecule has 172 valence electrons. The minimum atomic E-state index is -0.167. The predicted molar refractivity (Wildman–Crippen MR) is 134 cm³/mol. The van der Waals surface area contributed by atoms with Gasteiger partial charge in [0.25, 0.3) is 0 Å². The standard InChI is InChI=1S/C26H24N4O3S/c31-23(28-22-8-3-4-14-27-22)17-34-26-21-7-2-1-6-20(21)25(33)30(26)16-18-10-12-19(13-11-18)29-15-5-9-24(29)32/h1-4,6-8,10-14,33H,5,9,15-17H2,(H,27,28,31). The number of rotatable bonds is 7. The van der Waals surface area contributed by atoms with E-state index in [0.717, 1.165) is 40.0 Å². The van der Waals surface area contributed by atoms with Gasteiger partial charge in [-0.1, -0.05) is 48.2 Å². The summed E-state index contributed by atoms with van der Waals surface area (Å²) in [4.78, 5) is 30.5. The van der Waals surface area contributed by atoms with Crippen LogP contribution in [0.15, 0.2) is 78.0 Å². The lowest BCUT2D eigenvalue weighted by Gasteiger charge is -2.16. The molecule has 0 unspecified atom stereocenters. The number of amides is 2. The Labute approximate surface area is 201 Å². The van der Waals surface area contributed by atoms with Crippen molar-refractivity contribution >= 4 is 45.9 Å². The van der Waals surface area contributed by atoms with Crippen LogP contribution in [0.2, 0.25) is 0 Å². The van der Waals surface area contributed by atoms with Crippen molar-refractivity contribution in [2.24, 2.45) is 0 Å². The first kappa shape index (κ1) is 22.0. The van der Waals surface area contributed by atoms with Crippen LogP contribution in [0.25, 0.3) is 10.8 Å². The average Bonchev–Trinajstić information content (AvgIpc) is 3.40. The van der Waals surface area contributed by atoms with Gasteiger partial charge in [-0.15, -0.1) is 0 Å². The SMILES string of the molecule is O=C(CSc1c2ccccc2c(O)n1Cc1ccc(N2CCCC2=O)cc1)Nc1ccccn1. The van der Waals surface area contributed by atoms with E-state index in [9.17, 15) is 14.7 Å². The summed E-state index contributed by atoms with van der Waals surface area (Å²) < 4.78 is 1.83. The number of carbonyl (C=O) groups is 2. The van der Waals surface area contributed by atoms with Crippen molar-refractivity contribution in [3.8, 4) is 5.88 Å². The van der Waals surface area contributed by atoms with Crippen LogP contribution in [0, 0.1) is 0 Å². The summed E-state index contributed by atoms with van der Waals surface area (Å²) >= 11 is 1.38. The Morgan fingerprint density at radius 1 is 1.03 bits per heavy atom. The molecule has 7 nitrogen and oxygen atoms in total. The molecule has 1 saturated heterocycles. The highest BCUT2D eigenvalue weighted by molar-refractivity contribution is 8.00. The molecule has 5 rings (SSSR count). The molecule has 0 radical (unpaired) electrons. The molecule has 1 fully saturated rings. The zero-order valence-corrected chi connectivity index (χ0v) is 19.3. The molecule has 1 aliphatic rings. The van der Waals surface area contributed by atoms with Crippen LogP contribution in [0.4, 0.5) is 11.5 Å². The molecule has 0 spiro atoms. The first-order valence-electron chi connectivity index (χ1n) is 11.1. The van der Waals surface area contributed by atoms with Gasteiger partial charge >= 0.3 is 0 Å². The number of hydrogen-bond acceptors (Lipinski definition) is 5. The third-order valence-corrected chi connectivity index (χ3v) is 6.95. The van der Waals surface area contributed by atoms with E-state index in [1.165, 1.54) is 11.8 Å². The van der Waals surface area contributed by atoms with Gasteiger partial charge in [-0.3, -0.25) is 9.59 Å². The molecule has 0 aliphatic carbocycles. The van der Waals surface area contributed by atoms with Gasteiger partial charge < -0.3 is 19.9 Å². The number of aromatic hydroxyl groups is 1. The molecular formula is C26H24N4O3S. The molecule has 1 aliphatic heterocycles. The van der Waals surface area contributed by atoms with Crippen LogP contribution in [-0.2, 0) is 16.1 Å². The van der Waals surface area contributed by atoms with Gasteiger partial charge in [0.2, 0.25) is 11.8 Å². The van der Waals surface area contributed by atoms with Crippen molar-refractivity contribution in [2.75, 3.05) is 22.5 Å². The van der Waals surface area contributed by atoms with Gasteiger partial charge in [0.15, 0.2) is 5.88 Å². The van der Waals surface area contributed by atoms with E-state index in [2.05, 4.69) is 10.3 Å². The lowest BCUT2D eigenvalue weighted by molar-refractivity contribution is -0.117. The van der Waals surface area contributed by atoms with E-state index < -0.39 is 0 Å². The van der Waals surface area contributed by atoms with E-state index >= 15 is 0 Å². The topological polar surface area (TPSA) is 87.5 Å². The molecule has 8 heteroatoms. The molecule has 34 heavy (non-hydrogen) atoms. The van der Waals surface area contributed by atoms with Crippen molar-refractivity contribution in [2.45, 2.75) is 24.4 Å². The molecule has 2 aromatic carbocycles. The van der Waals surface area contributed by atoms with E-state index in [4.69, 9.17) is 0 Å². The molecule has 2 N–H and O–H groups in total. The van der Waals surface area contributed by atoms with E-state index in [1.807, 2.05) is 64.1 Å². The Morgan fingerprint density at radius 3 is 2.50 bits per heavy atom. The number of pyridine rings is 1. The summed E-state index contributed by atoms with van der Waals surface area (Å²) in [6, 6.07) is 20.8. The lowest BCUT2D eigenvalue weighted by atomic mass is 10.2. The van der Waals surface area contributed by atoms with Crippen LogP contribution in [0.3, 0.4) is 0 Å². The predicted octanol–water partition coefficient (Wildman–Crippen LogP) is 4.65. The normalized spacial score (nSPS) is 13.5. The minimum Gasteiger partial charge on any atom is -0.494 e. The first-order valence-corrected chi connectivity index (χ1v) is 12.1. The second kappa shape index (κ2) is 9.61. The molecule has 4 aromatic rings.